The minimum absolute atomic E-state index is 0.106. The van der Waals surface area contributed by atoms with Gasteiger partial charge in [0.2, 0.25) is 0 Å². The van der Waals surface area contributed by atoms with E-state index >= 15 is 0 Å². The van der Waals surface area contributed by atoms with E-state index in [0.29, 0.717) is 12.1 Å². The van der Waals surface area contributed by atoms with Crippen LogP contribution in [0.5, 0.6) is 0 Å². The first-order chi connectivity index (χ1) is 12.1. The van der Waals surface area contributed by atoms with Crippen LogP contribution in [0.15, 0.2) is 48.5 Å². The van der Waals surface area contributed by atoms with Gasteiger partial charge >= 0.3 is 0 Å². The second-order valence-electron chi connectivity index (χ2n) is 6.68. The molecule has 0 radical (unpaired) electrons. The standard InChI is InChI=1S/C20H25F2N3/c1-24-9-11-25(12-10-24)15-20(16-5-3-2-4-6-16)23-14-17-7-8-18(21)13-19(17)22/h2-8,13,20,23H,9-12,14-15H2,1H3/t20-/m1/s1. The summed E-state index contributed by atoms with van der Waals surface area (Å²) in [6, 6.07) is 14.1. The highest BCUT2D eigenvalue weighted by Gasteiger charge is 2.19. The van der Waals surface area contributed by atoms with Crippen molar-refractivity contribution in [3.05, 3.63) is 71.3 Å². The number of likely N-dealkylation sites (N-methyl/N-ethyl adjacent to an activating group) is 1. The first-order valence-electron chi connectivity index (χ1n) is 8.75. The Morgan fingerprint density at radius 1 is 1.00 bits per heavy atom. The van der Waals surface area contributed by atoms with Crippen LogP contribution in [0.25, 0.3) is 0 Å². The SMILES string of the molecule is CN1CCN(C[C@@H](NCc2ccc(F)cc2F)c2ccccc2)CC1. The van der Waals surface area contributed by atoms with Gasteiger partial charge in [-0.2, -0.15) is 0 Å². The summed E-state index contributed by atoms with van der Waals surface area (Å²) in [7, 11) is 2.14. The maximum Gasteiger partial charge on any atom is 0.130 e. The Balaban J connectivity index is 1.68. The quantitative estimate of drug-likeness (QED) is 0.868. The van der Waals surface area contributed by atoms with Gasteiger partial charge < -0.3 is 10.2 Å². The molecule has 0 aromatic heterocycles. The monoisotopic (exact) mass is 345 g/mol. The van der Waals surface area contributed by atoms with E-state index in [1.54, 1.807) is 0 Å². The Bertz CT molecular complexity index is 670. The zero-order chi connectivity index (χ0) is 17.6. The molecule has 1 aliphatic rings. The summed E-state index contributed by atoms with van der Waals surface area (Å²) in [5.41, 5.74) is 1.67. The average Bonchev–Trinajstić information content (AvgIpc) is 2.62. The Labute approximate surface area is 148 Å². The molecule has 0 saturated carbocycles. The number of rotatable bonds is 6. The molecule has 1 aliphatic heterocycles. The fraction of sp³-hybridized carbons (Fsp3) is 0.400. The molecule has 0 spiro atoms. The summed E-state index contributed by atoms with van der Waals surface area (Å²) in [6.07, 6.45) is 0. The second-order valence-corrected chi connectivity index (χ2v) is 6.68. The van der Waals surface area contributed by atoms with Gasteiger partial charge in [-0.25, -0.2) is 8.78 Å². The van der Waals surface area contributed by atoms with Gasteiger partial charge in [-0.15, -0.1) is 0 Å². The van der Waals surface area contributed by atoms with E-state index < -0.39 is 11.6 Å². The molecule has 1 N–H and O–H groups in total. The van der Waals surface area contributed by atoms with Crippen molar-refractivity contribution in [2.45, 2.75) is 12.6 Å². The van der Waals surface area contributed by atoms with Crippen molar-refractivity contribution in [1.82, 2.24) is 15.1 Å². The molecule has 25 heavy (non-hydrogen) atoms. The minimum Gasteiger partial charge on any atom is -0.305 e. The Morgan fingerprint density at radius 2 is 1.72 bits per heavy atom. The maximum absolute atomic E-state index is 13.9. The van der Waals surface area contributed by atoms with Gasteiger partial charge in [-0.1, -0.05) is 36.4 Å². The lowest BCUT2D eigenvalue weighted by Crippen LogP contribution is -2.47. The number of benzene rings is 2. The summed E-state index contributed by atoms with van der Waals surface area (Å²) >= 11 is 0. The molecule has 0 aliphatic carbocycles. The predicted octanol–water partition coefficient (Wildman–Crippen LogP) is 3.04. The van der Waals surface area contributed by atoms with Gasteiger partial charge in [0.15, 0.2) is 0 Å². The maximum atomic E-state index is 13.9. The third kappa shape index (κ3) is 5.08. The molecule has 134 valence electrons. The summed E-state index contributed by atoms with van der Waals surface area (Å²) in [6.45, 7) is 5.45. The topological polar surface area (TPSA) is 18.5 Å². The highest BCUT2D eigenvalue weighted by atomic mass is 19.1. The molecular weight excluding hydrogens is 320 g/mol. The fourth-order valence-electron chi connectivity index (χ4n) is 3.16. The van der Waals surface area contributed by atoms with Crippen LogP contribution in [0.4, 0.5) is 8.78 Å². The molecule has 2 aromatic carbocycles. The number of hydrogen-bond acceptors (Lipinski definition) is 3. The number of nitrogens with one attached hydrogen (secondary N) is 1. The van der Waals surface area contributed by atoms with Crippen LogP contribution in [0.1, 0.15) is 17.2 Å². The molecular formula is C20H25F2N3. The van der Waals surface area contributed by atoms with E-state index in [-0.39, 0.29) is 6.04 Å². The molecule has 1 fully saturated rings. The van der Waals surface area contributed by atoms with Crippen LogP contribution < -0.4 is 5.32 Å². The minimum atomic E-state index is -0.543. The zero-order valence-electron chi connectivity index (χ0n) is 14.6. The smallest absolute Gasteiger partial charge is 0.130 e. The lowest BCUT2D eigenvalue weighted by atomic mass is 10.1. The van der Waals surface area contributed by atoms with Crippen molar-refractivity contribution in [2.75, 3.05) is 39.8 Å². The first-order valence-corrected chi connectivity index (χ1v) is 8.75. The molecule has 1 saturated heterocycles. The highest BCUT2D eigenvalue weighted by molar-refractivity contribution is 5.21. The van der Waals surface area contributed by atoms with Crippen molar-refractivity contribution >= 4 is 0 Å². The number of halogens is 2. The predicted molar refractivity (Wildman–Crippen MR) is 96.3 cm³/mol. The third-order valence-corrected chi connectivity index (χ3v) is 4.79. The molecule has 5 heteroatoms. The highest BCUT2D eigenvalue weighted by Crippen LogP contribution is 2.17. The molecule has 0 amide bonds. The Hall–Kier alpha value is -1.82. The largest absolute Gasteiger partial charge is 0.305 e. The van der Waals surface area contributed by atoms with Crippen molar-refractivity contribution in [3.63, 3.8) is 0 Å². The van der Waals surface area contributed by atoms with Crippen LogP contribution >= 0.6 is 0 Å². The van der Waals surface area contributed by atoms with E-state index in [4.69, 9.17) is 0 Å². The lowest BCUT2D eigenvalue weighted by Gasteiger charge is -2.35. The van der Waals surface area contributed by atoms with Crippen molar-refractivity contribution < 1.29 is 8.78 Å². The molecule has 1 heterocycles. The van der Waals surface area contributed by atoms with Gasteiger partial charge in [0.25, 0.3) is 0 Å². The van der Waals surface area contributed by atoms with Gasteiger partial charge in [-0.3, -0.25) is 4.90 Å². The summed E-state index contributed by atoms with van der Waals surface area (Å²) in [4.78, 5) is 4.76. The Kier molecular flexibility index (Phi) is 6.13. The fourth-order valence-corrected chi connectivity index (χ4v) is 3.16. The molecule has 3 rings (SSSR count). The molecule has 0 unspecified atom stereocenters. The van der Waals surface area contributed by atoms with Crippen LogP contribution in [-0.2, 0) is 6.54 Å². The van der Waals surface area contributed by atoms with Crippen molar-refractivity contribution in [1.29, 1.82) is 0 Å². The van der Waals surface area contributed by atoms with Gasteiger partial charge in [0, 0.05) is 56.9 Å². The van der Waals surface area contributed by atoms with Crippen LogP contribution in [0.3, 0.4) is 0 Å². The van der Waals surface area contributed by atoms with E-state index in [1.165, 1.54) is 17.7 Å². The van der Waals surface area contributed by atoms with Crippen molar-refractivity contribution in [3.8, 4) is 0 Å². The van der Waals surface area contributed by atoms with E-state index in [2.05, 4.69) is 34.3 Å². The van der Waals surface area contributed by atoms with Gasteiger partial charge in [0.1, 0.15) is 11.6 Å². The van der Waals surface area contributed by atoms with Crippen LogP contribution in [0.2, 0.25) is 0 Å². The Morgan fingerprint density at radius 3 is 2.40 bits per heavy atom. The van der Waals surface area contributed by atoms with E-state index in [9.17, 15) is 8.78 Å². The van der Waals surface area contributed by atoms with E-state index in [1.807, 2.05) is 18.2 Å². The van der Waals surface area contributed by atoms with Gasteiger partial charge in [0.05, 0.1) is 0 Å². The molecule has 2 aromatic rings. The molecule has 3 nitrogen and oxygen atoms in total. The van der Waals surface area contributed by atoms with Crippen molar-refractivity contribution in [2.24, 2.45) is 0 Å². The normalized spacial score (nSPS) is 17.6. The summed E-state index contributed by atoms with van der Waals surface area (Å²) in [5.74, 6) is -1.04. The third-order valence-electron chi connectivity index (χ3n) is 4.79. The summed E-state index contributed by atoms with van der Waals surface area (Å²) in [5, 5.41) is 3.45. The zero-order valence-corrected chi connectivity index (χ0v) is 14.6. The number of piperazine rings is 1. The van der Waals surface area contributed by atoms with E-state index in [0.717, 1.165) is 38.8 Å². The average molecular weight is 345 g/mol. The van der Waals surface area contributed by atoms with Crippen LogP contribution in [0, 0.1) is 11.6 Å². The van der Waals surface area contributed by atoms with Crippen LogP contribution in [-0.4, -0.2) is 49.6 Å². The molecule has 1 atom stereocenters. The lowest BCUT2D eigenvalue weighted by molar-refractivity contribution is 0.141. The number of nitrogens with zero attached hydrogens (tertiary/aromatic N) is 2. The van der Waals surface area contributed by atoms with Gasteiger partial charge in [-0.05, 0) is 18.7 Å². The number of hydrogen-bond donors (Lipinski definition) is 1. The second kappa shape index (κ2) is 8.52. The molecule has 0 bridgehead atoms. The summed E-state index contributed by atoms with van der Waals surface area (Å²) < 4.78 is 27.0. The first kappa shape index (κ1) is 18.0.